The first-order valence-electron chi connectivity index (χ1n) is 29.2. The van der Waals surface area contributed by atoms with E-state index < -0.39 is 6.10 Å². The molecule has 0 fully saturated rings. The van der Waals surface area contributed by atoms with E-state index in [0.29, 0.717) is 19.3 Å². The molecule has 0 aromatic heterocycles. The van der Waals surface area contributed by atoms with Gasteiger partial charge in [-0.05, 0) is 116 Å². The predicted molar refractivity (Wildman–Crippen MR) is 311 cm³/mol. The molecule has 0 spiro atoms. The van der Waals surface area contributed by atoms with Crippen LogP contribution in [-0.2, 0) is 28.6 Å². The Bertz CT molecular complexity index is 1560. The van der Waals surface area contributed by atoms with Crippen molar-refractivity contribution in [3.63, 3.8) is 0 Å². The summed E-state index contributed by atoms with van der Waals surface area (Å²) in [5.74, 6) is -0.936. The van der Waals surface area contributed by atoms with Crippen LogP contribution in [0.5, 0.6) is 0 Å². The highest BCUT2D eigenvalue weighted by Gasteiger charge is 2.19. The van der Waals surface area contributed by atoms with Crippen molar-refractivity contribution in [2.45, 2.75) is 252 Å². The summed E-state index contributed by atoms with van der Waals surface area (Å²) in [6.07, 6.45) is 83.1. The molecule has 0 amide bonds. The zero-order valence-electron chi connectivity index (χ0n) is 46.4. The van der Waals surface area contributed by atoms with Crippen molar-refractivity contribution < 1.29 is 28.6 Å². The summed E-state index contributed by atoms with van der Waals surface area (Å²) in [4.78, 5) is 38.0. The number of esters is 3. The van der Waals surface area contributed by atoms with Crippen LogP contribution in [0.15, 0.2) is 134 Å². The molecular weight excluding hydrogens is 889 g/mol. The number of allylic oxidation sites excluding steroid dienone is 22. The lowest BCUT2D eigenvalue weighted by Crippen LogP contribution is -2.30. The second-order valence-corrected chi connectivity index (χ2v) is 18.8. The Labute approximate surface area is 443 Å². The first kappa shape index (κ1) is 67.5. The number of carbonyl (C=O) groups excluding carboxylic acids is 3. The minimum Gasteiger partial charge on any atom is -0.462 e. The fraction of sp³-hybridized carbons (Fsp3) is 0.621. The average molecular weight is 996 g/mol. The molecule has 0 radical (unpaired) electrons. The van der Waals surface area contributed by atoms with E-state index in [1.165, 1.54) is 44.9 Å². The lowest BCUT2D eigenvalue weighted by atomic mass is 10.1. The summed E-state index contributed by atoms with van der Waals surface area (Å²) in [6.45, 7) is 6.35. The minimum absolute atomic E-state index is 0.0933. The van der Waals surface area contributed by atoms with E-state index in [1.807, 2.05) is 0 Å². The molecule has 0 aliphatic carbocycles. The van der Waals surface area contributed by atoms with Crippen LogP contribution in [0, 0.1) is 0 Å². The first-order chi connectivity index (χ1) is 35.5. The third kappa shape index (κ3) is 56.5. The van der Waals surface area contributed by atoms with E-state index in [2.05, 4.69) is 154 Å². The van der Waals surface area contributed by atoms with Crippen LogP contribution in [0.3, 0.4) is 0 Å². The van der Waals surface area contributed by atoms with Gasteiger partial charge < -0.3 is 14.2 Å². The van der Waals surface area contributed by atoms with Gasteiger partial charge in [0.2, 0.25) is 0 Å². The fourth-order valence-electron chi connectivity index (χ4n) is 7.59. The van der Waals surface area contributed by atoms with Gasteiger partial charge in [0.25, 0.3) is 0 Å². The van der Waals surface area contributed by atoms with Gasteiger partial charge in [-0.25, -0.2) is 0 Å². The second kappa shape index (κ2) is 59.1. The molecule has 0 saturated heterocycles. The van der Waals surface area contributed by atoms with E-state index in [0.717, 1.165) is 161 Å². The molecule has 1 unspecified atom stereocenters. The van der Waals surface area contributed by atoms with Gasteiger partial charge >= 0.3 is 17.9 Å². The standard InChI is InChI=1S/C66H106O6/c1-4-7-10-13-16-19-21-23-25-27-29-30-31-32-33-34-35-36-38-39-41-43-45-47-50-53-56-59-65(68)71-62-63(61-70-64(67)58-55-52-49-18-15-12-9-6-3)72-66(69)60-57-54-51-48-46-44-42-40-37-28-26-24-22-20-17-14-11-8-5-2/h7-8,10-11,16-17,19-20,23-26,29-30,32-33,35-37,39-41,63H,4-6,9,12-15,18,21-22,27-28,31,34,38,42-62H2,1-3H3/b10-7-,11-8-,19-16-,20-17-,25-23-,26-24-,30-29-,33-32-,36-35-,40-37-,41-39-. The minimum atomic E-state index is -0.797. The van der Waals surface area contributed by atoms with E-state index in [1.54, 1.807) is 0 Å². The van der Waals surface area contributed by atoms with Crippen molar-refractivity contribution >= 4 is 17.9 Å². The number of unbranched alkanes of at least 4 members (excludes halogenated alkanes) is 18. The quantitative estimate of drug-likeness (QED) is 0.0261. The molecule has 0 heterocycles. The summed E-state index contributed by atoms with van der Waals surface area (Å²) < 4.78 is 16.8. The Morgan fingerprint density at radius 2 is 0.542 bits per heavy atom. The van der Waals surface area contributed by atoms with Crippen molar-refractivity contribution in [1.29, 1.82) is 0 Å². The molecule has 406 valence electrons. The first-order valence-corrected chi connectivity index (χ1v) is 29.2. The highest BCUT2D eigenvalue weighted by atomic mass is 16.6. The number of carbonyl (C=O) groups is 3. The van der Waals surface area contributed by atoms with Gasteiger partial charge in [0.1, 0.15) is 13.2 Å². The highest BCUT2D eigenvalue weighted by Crippen LogP contribution is 2.14. The van der Waals surface area contributed by atoms with Gasteiger partial charge in [-0.15, -0.1) is 0 Å². The lowest BCUT2D eigenvalue weighted by molar-refractivity contribution is -0.167. The molecule has 0 aliphatic rings. The van der Waals surface area contributed by atoms with Gasteiger partial charge in [0.05, 0.1) is 0 Å². The molecule has 0 aliphatic heterocycles. The van der Waals surface area contributed by atoms with Gasteiger partial charge in [0, 0.05) is 19.3 Å². The summed E-state index contributed by atoms with van der Waals surface area (Å²) >= 11 is 0. The monoisotopic (exact) mass is 995 g/mol. The lowest BCUT2D eigenvalue weighted by Gasteiger charge is -2.18. The summed E-state index contributed by atoms with van der Waals surface area (Å²) in [7, 11) is 0. The topological polar surface area (TPSA) is 78.9 Å². The van der Waals surface area contributed by atoms with Gasteiger partial charge in [-0.3, -0.25) is 14.4 Å². The van der Waals surface area contributed by atoms with Crippen LogP contribution in [0.4, 0.5) is 0 Å². The maximum atomic E-state index is 12.8. The zero-order chi connectivity index (χ0) is 52.2. The van der Waals surface area contributed by atoms with E-state index in [4.69, 9.17) is 14.2 Å². The van der Waals surface area contributed by atoms with Crippen LogP contribution >= 0.6 is 0 Å². The van der Waals surface area contributed by atoms with Crippen molar-refractivity contribution in [2.24, 2.45) is 0 Å². The smallest absolute Gasteiger partial charge is 0.306 e. The number of rotatable bonds is 51. The van der Waals surface area contributed by atoms with E-state index in [-0.39, 0.29) is 31.1 Å². The Morgan fingerprint density at radius 3 is 0.847 bits per heavy atom. The Kier molecular flexibility index (Phi) is 55.5. The molecule has 0 saturated carbocycles. The van der Waals surface area contributed by atoms with Crippen molar-refractivity contribution in [1.82, 2.24) is 0 Å². The maximum absolute atomic E-state index is 12.8. The predicted octanol–water partition coefficient (Wildman–Crippen LogP) is 19.8. The van der Waals surface area contributed by atoms with E-state index in [9.17, 15) is 14.4 Å². The average Bonchev–Trinajstić information content (AvgIpc) is 3.38. The van der Waals surface area contributed by atoms with Crippen LogP contribution in [0.25, 0.3) is 0 Å². The Hall–Kier alpha value is -4.45. The summed E-state index contributed by atoms with van der Waals surface area (Å²) in [6, 6.07) is 0. The van der Waals surface area contributed by atoms with Gasteiger partial charge in [-0.1, -0.05) is 244 Å². The normalized spacial score (nSPS) is 13.1. The van der Waals surface area contributed by atoms with E-state index >= 15 is 0 Å². The number of ether oxygens (including phenoxy) is 3. The third-order valence-corrected chi connectivity index (χ3v) is 11.9. The fourth-order valence-corrected chi connectivity index (χ4v) is 7.59. The molecule has 0 rings (SSSR count). The summed E-state index contributed by atoms with van der Waals surface area (Å²) in [5, 5.41) is 0. The Balaban J connectivity index is 4.32. The summed E-state index contributed by atoms with van der Waals surface area (Å²) in [5.41, 5.74) is 0. The Morgan fingerprint density at radius 1 is 0.292 bits per heavy atom. The van der Waals surface area contributed by atoms with Crippen molar-refractivity contribution in [3.05, 3.63) is 134 Å². The second-order valence-electron chi connectivity index (χ2n) is 18.8. The molecule has 0 N–H and O–H groups in total. The largest absolute Gasteiger partial charge is 0.462 e. The molecule has 1 atom stereocenters. The maximum Gasteiger partial charge on any atom is 0.306 e. The third-order valence-electron chi connectivity index (χ3n) is 11.9. The van der Waals surface area contributed by atoms with Crippen molar-refractivity contribution in [2.75, 3.05) is 13.2 Å². The van der Waals surface area contributed by atoms with Gasteiger partial charge in [-0.2, -0.15) is 0 Å². The van der Waals surface area contributed by atoms with Crippen LogP contribution in [0.1, 0.15) is 245 Å². The number of hydrogen-bond acceptors (Lipinski definition) is 6. The molecule has 6 heteroatoms. The van der Waals surface area contributed by atoms with Crippen molar-refractivity contribution in [3.8, 4) is 0 Å². The zero-order valence-corrected chi connectivity index (χ0v) is 46.4. The number of hydrogen-bond donors (Lipinski definition) is 0. The van der Waals surface area contributed by atoms with Gasteiger partial charge in [0.15, 0.2) is 6.10 Å². The SMILES string of the molecule is CC/C=C\C/C=C\C/C=C\C/C=C\C/C=C\C/C=C\C/C=C\CCCCCCCC(=O)OCC(COC(=O)CCCCCCCCCC)OC(=O)CCCCCCCC/C=C\C/C=C\C/C=C\C/C=C\CC. The molecular formula is C66H106O6. The molecule has 0 aromatic carbocycles. The van der Waals surface area contributed by atoms with Crippen LogP contribution < -0.4 is 0 Å². The highest BCUT2D eigenvalue weighted by molar-refractivity contribution is 5.71. The van der Waals surface area contributed by atoms with Crippen LogP contribution in [-0.4, -0.2) is 37.2 Å². The molecule has 0 bridgehead atoms. The molecule has 72 heavy (non-hydrogen) atoms. The van der Waals surface area contributed by atoms with Crippen LogP contribution in [0.2, 0.25) is 0 Å². The molecule has 0 aromatic rings. The molecule has 6 nitrogen and oxygen atoms in total.